The quantitative estimate of drug-likeness (QED) is 0.755. The summed E-state index contributed by atoms with van der Waals surface area (Å²) in [5, 5.41) is 3.56. The topological polar surface area (TPSA) is 85.1 Å². The lowest BCUT2D eigenvalue weighted by Crippen LogP contribution is -2.45. The van der Waals surface area contributed by atoms with E-state index < -0.39 is 11.9 Å². The van der Waals surface area contributed by atoms with E-state index in [9.17, 15) is 9.59 Å². The highest BCUT2D eigenvalue weighted by Crippen LogP contribution is 2.13. The maximum Gasteiger partial charge on any atom is 0.253 e. The number of carbonyl (C=O) groups excluding carboxylic acids is 2. The van der Waals surface area contributed by atoms with Gasteiger partial charge in [-0.15, -0.1) is 0 Å². The molecule has 1 atom stereocenters. The van der Waals surface area contributed by atoms with Gasteiger partial charge in [0.2, 0.25) is 5.91 Å². The van der Waals surface area contributed by atoms with Gasteiger partial charge in [-0.1, -0.05) is 48.5 Å². The molecular formula is C19H17N3O2. The number of rotatable bonds is 5. The summed E-state index contributed by atoms with van der Waals surface area (Å²) in [4.78, 5) is 28.4. The van der Waals surface area contributed by atoms with Gasteiger partial charge in [0.25, 0.3) is 5.91 Å². The maximum atomic E-state index is 12.4. The fraction of sp³-hybridized carbons (Fsp3) is 0.105. The van der Waals surface area contributed by atoms with Crippen LogP contribution >= 0.6 is 0 Å². The second-order valence-corrected chi connectivity index (χ2v) is 5.53. The van der Waals surface area contributed by atoms with Crippen molar-refractivity contribution in [2.24, 2.45) is 5.73 Å². The predicted molar refractivity (Wildman–Crippen MR) is 92.3 cm³/mol. The van der Waals surface area contributed by atoms with Crippen molar-refractivity contribution in [3.63, 3.8) is 0 Å². The summed E-state index contributed by atoms with van der Waals surface area (Å²) in [5.74, 6) is -0.936. The van der Waals surface area contributed by atoms with Crippen molar-refractivity contribution in [1.29, 1.82) is 0 Å². The summed E-state index contributed by atoms with van der Waals surface area (Å²) in [6, 6.07) is 17.9. The molecule has 0 fully saturated rings. The van der Waals surface area contributed by atoms with E-state index >= 15 is 0 Å². The second kappa shape index (κ2) is 6.91. The molecule has 0 radical (unpaired) electrons. The van der Waals surface area contributed by atoms with Crippen molar-refractivity contribution in [3.8, 4) is 0 Å². The third-order valence-corrected chi connectivity index (χ3v) is 3.78. The summed E-state index contributed by atoms with van der Waals surface area (Å²) in [6.45, 7) is 0. The van der Waals surface area contributed by atoms with Crippen LogP contribution in [0.5, 0.6) is 0 Å². The van der Waals surface area contributed by atoms with Crippen LogP contribution in [0.15, 0.2) is 66.9 Å². The molecule has 3 N–H and O–H groups in total. The number of para-hydroxylation sites is 1. The van der Waals surface area contributed by atoms with Gasteiger partial charge in [0.1, 0.15) is 6.04 Å². The van der Waals surface area contributed by atoms with Crippen LogP contribution in [0.3, 0.4) is 0 Å². The molecule has 0 saturated carbocycles. The summed E-state index contributed by atoms with van der Waals surface area (Å²) < 4.78 is 0. The first-order valence-electron chi connectivity index (χ1n) is 7.62. The van der Waals surface area contributed by atoms with Gasteiger partial charge in [-0.3, -0.25) is 14.6 Å². The normalized spacial score (nSPS) is 11.8. The molecule has 3 rings (SSSR count). The molecule has 1 aromatic heterocycles. The molecule has 5 heteroatoms. The van der Waals surface area contributed by atoms with Crippen LogP contribution in [0.1, 0.15) is 15.9 Å². The summed E-state index contributed by atoms with van der Waals surface area (Å²) in [5.41, 5.74) is 7.57. The minimum atomic E-state index is -0.772. The fourth-order valence-corrected chi connectivity index (χ4v) is 2.51. The van der Waals surface area contributed by atoms with Crippen molar-refractivity contribution in [2.45, 2.75) is 12.5 Å². The number of nitrogens with two attached hydrogens (primary N) is 1. The molecule has 120 valence electrons. The zero-order valence-corrected chi connectivity index (χ0v) is 13.0. The van der Waals surface area contributed by atoms with Gasteiger partial charge in [-0.05, 0) is 17.7 Å². The number of primary amides is 1. The number of aromatic nitrogens is 1. The van der Waals surface area contributed by atoms with E-state index in [0.29, 0.717) is 12.0 Å². The molecule has 1 heterocycles. The molecule has 0 aliphatic carbocycles. The number of amides is 2. The van der Waals surface area contributed by atoms with Gasteiger partial charge in [0.15, 0.2) is 0 Å². The van der Waals surface area contributed by atoms with E-state index in [2.05, 4.69) is 10.3 Å². The van der Waals surface area contributed by atoms with Crippen LogP contribution in [0.2, 0.25) is 0 Å². The minimum absolute atomic E-state index is 0.350. The lowest BCUT2D eigenvalue weighted by Gasteiger charge is -2.15. The summed E-state index contributed by atoms with van der Waals surface area (Å²) in [6.07, 6.45) is 1.85. The Morgan fingerprint density at radius 3 is 2.50 bits per heavy atom. The van der Waals surface area contributed by atoms with Crippen LogP contribution in [0, 0.1) is 0 Å². The number of hydrogen-bond acceptors (Lipinski definition) is 3. The molecule has 0 spiro atoms. The number of carbonyl (C=O) groups is 2. The fourth-order valence-electron chi connectivity index (χ4n) is 2.51. The molecule has 0 unspecified atom stereocenters. The van der Waals surface area contributed by atoms with E-state index in [1.165, 1.54) is 6.20 Å². The SMILES string of the molecule is NC(=O)[C@H](Cc1ccccc1)NC(=O)c1cnc2ccccc2c1. The number of fused-ring (bicyclic) bond motifs is 1. The van der Waals surface area contributed by atoms with Gasteiger partial charge in [0, 0.05) is 18.0 Å². The van der Waals surface area contributed by atoms with Crippen LogP contribution in [0.25, 0.3) is 10.9 Å². The molecule has 0 aliphatic heterocycles. The Bertz CT molecular complexity index is 878. The minimum Gasteiger partial charge on any atom is -0.368 e. The molecule has 2 aromatic carbocycles. The average molecular weight is 319 g/mol. The molecule has 0 aliphatic rings. The Kier molecular flexibility index (Phi) is 4.52. The first-order valence-corrected chi connectivity index (χ1v) is 7.62. The second-order valence-electron chi connectivity index (χ2n) is 5.53. The van der Waals surface area contributed by atoms with Crippen LogP contribution in [-0.4, -0.2) is 22.8 Å². The molecule has 0 saturated heterocycles. The summed E-state index contributed by atoms with van der Waals surface area (Å²) in [7, 11) is 0. The van der Waals surface area contributed by atoms with E-state index in [-0.39, 0.29) is 5.91 Å². The van der Waals surface area contributed by atoms with E-state index in [1.807, 2.05) is 54.6 Å². The van der Waals surface area contributed by atoms with Crippen molar-refractivity contribution >= 4 is 22.7 Å². The molecule has 2 amide bonds. The zero-order chi connectivity index (χ0) is 16.9. The third-order valence-electron chi connectivity index (χ3n) is 3.78. The van der Waals surface area contributed by atoms with Gasteiger partial charge < -0.3 is 11.1 Å². The Hall–Kier alpha value is -3.21. The smallest absolute Gasteiger partial charge is 0.253 e. The van der Waals surface area contributed by atoms with Crippen LogP contribution in [-0.2, 0) is 11.2 Å². The molecule has 24 heavy (non-hydrogen) atoms. The van der Waals surface area contributed by atoms with Gasteiger partial charge in [0.05, 0.1) is 11.1 Å². The lowest BCUT2D eigenvalue weighted by molar-refractivity contribution is -0.119. The maximum absolute atomic E-state index is 12.4. The molecular weight excluding hydrogens is 302 g/mol. The van der Waals surface area contributed by atoms with E-state index in [4.69, 9.17) is 5.73 Å². The zero-order valence-electron chi connectivity index (χ0n) is 13.0. The monoisotopic (exact) mass is 319 g/mol. The van der Waals surface area contributed by atoms with Gasteiger partial charge in [-0.2, -0.15) is 0 Å². The first kappa shape index (κ1) is 15.7. The van der Waals surface area contributed by atoms with Crippen molar-refractivity contribution < 1.29 is 9.59 Å². The predicted octanol–water partition coefficient (Wildman–Crippen LogP) is 2.06. The highest BCUT2D eigenvalue weighted by Gasteiger charge is 2.19. The number of benzene rings is 2. The third kappa shape index (κ3) is 3.57. The van der Waals surface area contributed by atoms with Gasteiger partial charge >= 0.3 is 0 Å². The van der Waals surface area contributed by atoms with E-state index in [1.54, 1.807) is 6.07 Å². The first-order chi connectivity index (χ1) is 11.6. The largest absolute Gasteiger partial charge is 0.368 e. The molecule has 3 aromatic rings. The number of nitrogens with one attached hydrogen (secondary N) is 1. The Morgan fingerprint density at radius 1 is 1.04 bits per heavy atom. The van der Waals surface area contributed by atoms with Crippen molar-refractivity contribution in [2.75, 3.05) is 0 Å². The van der Waals surface area contributed by atoms with Crippen molar-refractivity contribution in [1.82, 2.24) is 10.3 Å². The average Bonchev–Trinajstić information content (AvgIpc) is 2.61. The van der Waals surface area contributed by atoms with Crippen LogP contribution in [0.4, 0.5) is 0 Å². The molecule has 5 nitrogen and oxygen atoms in total. The Labute approximate surface area is 139 Å². The number of pyridine rings is 1. The van der Waals surface area contributed by atoms with Gasteiger partial charge in [-0.25, -0.2) is 0 Å². The van der Waals surface area contributed by atoms with E-state index in [0.717, 1.165) is 16.5 Å². The lowest BCUT2D eigenvalue weighted by atomic mass is 10.0. The highest BCUT2D eigenvalue weighted by molar-refractivity contribution is 5.99. The number of hydrogen-bond donors (Lipinski definition) is 2. The van der Waals surface area contributed by atoms with Crippen molar-refractivity contribution in [3.05, 3.63) is 78.0 Å². The highest BCUT2D eigenvalue weighted by atomic mass is 16.2. The summed E-state index contributed by atoms with van der Waals surface area (Å²) >= 11 is 0. The standard InChI is InChI=1S/C19H17N3O2/c20-18(23)17(10-13-6-2-1-3-7-13)22-19(24)15-11-14-8-4-5-9-16(14)21-12-15/h1-9,11-12,17H,10H2,(H2,20,23)(H,22,24)/t17-/m0/s1. The van der Waals surface area contributed by atoms with Crippen LogP contribution < -0.4 is 11.1 Å². The molecule has 0 bridgehead atoms. The number of nitrogens with zero attached hydrogens (tertiary/aromatic N) is 1. The Balaban J connectivity index is 1.78. The Morgan fingerprint density at radius 2 is 1.75 bits per heavy atom.